The Labute approximate surface area is 134 Å². The van der Waals surface area contributed by atoms with E-state index in [-0.39, 0.29) is 11.8 Å². The Hall–Kier alpha value is -2.76. The van der Waals surface area contributed by atoms with Crippen molar-refractivity contribution in [2.45, 2.75) is 6.42 Å². The van der Waals surface area contributed by atoms with E-state index in [4.69, 9.17) is 9.47 Å². The van der Waals surface area contributed by atoms with E-state index < -0.39 is 0 Å². The zero-order chi connectivity index (χ0) is 16.7. The van der Waals surface area contributed by atoms with Gasteiger partial charge in [-0.05, 0) is 36.2 Å². The first kappa shape index (κ1) is 16.6. The van der Waals surface area contributed by atoms with Crippen molar-refractivity contribution < 1.29 is 18.7 Å². The van der Waals surface area contributed by atoms with Crippen LogP contribution in [0.15, 0.2) is 42.5 Å². The molecule has 0 spiro atoms. The minimum atomic E-state index is -0.368. The Morgan fingerprint density at radius 2 is 1.96 bits per heavy atom. The Morgan fingerprint density at radius 3 is 2.65 bits per heavy atom. The molecule has 23 heavy (non-hydrogen) atoms. The minimum Gasteiger partial charge on any atom is -0.497 e. The van der Waals surface area contributed by atoms with E-state index in [2.05, 4.69) is 10.6 Å². The summed E-state index contributed by atoms with van der Waals surface area (Å²) < 4.78 is 23.4. The van der Waals surface area contributed by atoms with Crippen LogP contribution in [0, 0.1) is 5.82 Å². The van der Waals surface area contributed by atoms with Crippen molar-refractivity contribution in [1.82, 2.24) is 5.32 Å². The van der Waals surface area contributed by atoms with E-state index in [0.29, 0.717) is 30.2 Å². The fourth-order valence-corrected chi connectivity index (χ4v) is 2.09. The molecule has 2 aromatic carbocycles. The number of methoxy groups -OCH3 is 2. The van der Waals surface area contributed by atoms with Crippen LogP contribution in [0.3, 0.4) is 0 Å². The van der Waals surface area contributed by atoms with Crippen molar-refractivity contribution in [2.75, 3.05) is 26.1 Å². The maximum Gasteiger partial charge on any atom is 0.319 e. The number of anilines is 1. The number of carbonyl (C=O) groups is 1. The highest BCUT2D eigenvalue weighted by Gasteiger charge is 2.08. The first-order valence-corrected chi connectivity index (χ1v) is 7.13. The lowest BCUT2D eigenvalue weighted by Crippen LogP contribution is -2.30. The number of rotatable bonds is 6. The zero-order valence-corrected chi connectivity index (χ0v) is 13.1. The van der Waals surface area contributed by atoms with Crippen molar-refractivity contribution in [1.29, 1.82) is 0 Å². The van der Waals surface area contributed by atoms with Gasteiger partial charge in [-0.1, -0.05) is 12.1 Å². The van der Waals surface area contributed by atoms with Gasteiger partial charge >= 0.3 is 6.03 Å². The number of hydrogen-bond acceptors (Lipinski definition) is 3. The Bertz CT molecular complexity index is 677. The minimum absolute atomic E-state index is 0.284. The van der Waals surface area contributed by atoms with Gasteiger partial charge in [0.15, 0.2) is 0 Å². The van der Waals surface area contributed by atoms with E-state index in [1.54, 1.807) is 31.4 Å². The molecule has 0 bridgehead atoms. The molecule has 2 aromatic rings. The van der Waals surface area contributed by atoms with E-state index in [0.717, 1.165) is 5.56 Å². The molecule has 0 heterocycles. The summed E-state index contributed by atoms with van der Waals surface area (Å²) in [5, 5.41) is 5.42. The summed E-state index contributed by atoms with van der Waals surface area (Å²) in [7, 11) is 3.07. The second-order valence-electron chi connectivity index (χ2n) is 4.83. The van der Waals surface area contributed by atoms with Crippen LogP contribution in [-0.4, -0.2) is 26.8 Å². The molecule has 0 aliphatic heterocycles. The van der Waals surface area contributed by atoms with Crippen LogP contribution in [-0.2, 0) is 6.42 Å². The average Bonchev–Trinajstić information content (AvgIpc) is 2.55. The smallest absolute Gasteiger partial charge is 0.319 e. The largest absolute Gasteiger partial charge is 0.497 e. The van der Waals surface area contributed by atoms with Gasteiger partial charge in [0.25, 0.3) is 0 Å². The molecule has 0 radical (unpaired) electrons. The SMILES string of the molecule is COc1ccc(OC)c(NC(=O)NCCc2cccc(F)c2)c1. The number of nitrogens with one attached hydrogen (secondary N) is 2. The second kappa shape index (κ2) is 8.03. The molecule has 2 N–H and O–H groups in total. The molecular weight excluding hydrogens is 299 g/mol. The maximum absolute atomic E-state index is 13.1. The molecule has 0 unspecified atom stereocenters. The fourth-order valence-electron chi connectivity index (χ4n) is 2.09. The predicted molar refractivity (Wildman–Crippen MR) is 86.7 cm³/mol. The number of benzene rings is 2. The maximum atomic E-state index is 13.1. The number of hydrogen-bond donors (Lipinski definition) is 2. The van der Waals surface area contributed by atoms with Crippen molar-refractivity contribution in [2.24, 2.45) is 0 Å². The molecule has 2 rings (SSSR count). The van der Waals surface area contributed by atoms with Gasteiger partial charge < -0.3 is 20.1 Å². The van der Waals surface area contributed by atoms with Crippen molar-refractivity contribution >= 4 is 11.7 Å². The van der Waals surface area contributed by atoms with Gasteiger partial charge in [-0.15, -0.1) is 0 Å². The van der Waals surface area contributed by atoms with Gasteiger partial charge in [0.05, 0.1) is 19.9 Å². The van der Waals surface area contributed by atoms with Crippen LogP contribution in [0.4, 0.5) is 14.9 Å². The summed E-state index contributed by atoms with van der Waals surface area (Å²) >= 11 is 0. The molecular formula is C17H19FN2O3. The lowest BCUT2D eigenvalue weighted by Gasteiger charge is -2.12. The van der Waals surface area contributed by atoms with Gasteiger partial charge in [0.2, 0.25) is 0 Å². The van der Waals surface area contributed by atoms with Gasteiger partial charge in [-0.2, -0.15) is 0 Å². The monoisotopic (exact) mass is 318 g/mol. The Balaban J connectivity index is 1.89. The molecule has 0 fully saturated rings. The first-order valence-electron chi connectivity index (χ1n) is 7.13. The number of urea groups is 1. The van der Waals surface area contributed by atoms with Gasteiger partial charge in [-0.25, -0.2) is 9.18 Å². The third-order valence-electron chi connectivity index (χ3n) is 3.24. The number of ether oxygens (including phenoxy) is 2. The van der Waals surface area contributed by atoms with Gasteiger partial charge in [0.1, 0.15) is 17.3 Å². The van der Waals surface area contributed by atoms with Crippen LogP contribution >= 0.6 is 0 Å². The lowest BCUT2D eigenvalue weighted by atomic mass is 10.1. The van der Waals surface area contributed by atoms with Crippen molar-refractivity contribution in [3.8, 4) is 11.5 Å². The quantitative estimate of drug-likeness (QED) is 0.860. The highest BCUT2D eigenvalue weighted by Crippen LogP contribution is 2.28. The lowest BCUT2D eigenvalue weighted by molar-refractivity contribution is 0.252. The number of amides is 2. The number of carbonyl (C=O) groups excluding carboxylic acids is 1. The van der Waals surface area contributed by atoms with Gasteiger partial charge in [0, 0.05) is 12.6 Å². The Kier molecular flexibility index (Phi) is 5.80. The molecule has 122 valence electrons. The topological polar surface area (TPSA) is 59.6 Å². The molecule has 0 aliphatic carbocycles. The summed E-state index contributed by atoms with van der Waals surface area (Å²) in [5.74, 6) is 0.861. The Morgan fingerprint density at radius 1 is 1.13 bits per heavy atom. The van der Waals surface area contributed by atoms with Crippen LogP contribution in [0.1, 0.15) is 5.56 Å². The molecule has 0 aliphatic rings. The summed E-state index contributed by atoms with van der Waals surface area (Å²) in [5.41, 5.74) is 1.33. The third-order valence-corrected chi connectivity index (χ3v) is 3.24. The van der Waals surface area contributed by atoms with Crippen LogP contribution in [0.2, 0.25) is 0 Å². The molecule has 6 heteroatoms. The molecule has 0 aromatic heterocycles. The summed E-state index contributed by atoms with van der Waals surface area (Å²) in [6, 6.07) is 11.1. The molecule has 0 saturated carbocycles. The zero-order valence-electron chi connectivity index (χ0n) is 13.1. The van der Waals surface area contributed by atoms with Crippen LogP contribution < -0.4 is 20.1 Å². The van der Waals surface area contributed by atoms with E-state index in [9.17, 15) is 9.18 Å². The first-order chi connectivity index (χ1) is 11.1. The normalized spacial score (nSPS) is 10.0. The summed E-state index contributed by atoms with van der Waals surface area (Å²) in [6.07, 6.45) is 0.542. The van der Waals surface area contributed by atoms with Crippen LogP contribution in [0.5, 0.6) is 11.5 Å². The van der Waals surface area contributed by atoms with Crippen molar-refractivity contribution in [3.05, 3.63) is 53.8 Å². The standard InChI is InChI=1S/C17H19FN2O3/c1-22-14-6-7-16(23-2)15(11-14)20-17(21)19-9-8-12-4-3-5-13(18)10-12/h3-7,10-11H,8-9H2,1-2H3,(H2,19,20,21). The van der Waals surface area contributed by atoms with Crippen LogP contribution in [0.25, 0.3) is 0 Å². The number of halogens is 1. The molecule has 5 nitrogen and oxygen atoms in total. The molecule has 2 amide bonds. The van der Waals surface area contributed by atoms with E-state index >= 15 is 0 Å². The van der Waals surface area contributed by atoms with Crippen molar-refractivity contribution in [3.63, 3.8) is 0 Å². The third kappa shape index (κ3) is 4.88. The van der Waals surface area contributed by atoms with E-state index in [1.807, 2.05) is 6.07 Å². The predicted octanol–water partition coefficient (Wildman–Crippen LogP) is 3.21. The second-order valence-corrected chi connectivity index (χ2v) is 4.83. The highest BCUT2D eigenvalue weighted by molar-refractivity contribution is 5.91. The fraction of sp³-hybridized carbons (Fsp3) is 0.235. The van der Waals surface area contributed by atoms with Gasteiger partial charge in [-0.3, -0.25) is 0 Å². The summed E-state index contributed by atoms with van der Waals surface area (Å²) in [4.78, 5) is 11.9. The average molecular weight is 318 g/mol. The molecule has 0 saturated heterocycles. The highest BCUT2D eigenvalue weighted by atomic mass is 19.1. The van der Waals surface area contributed by atoms with E-state index in [1.165, 1.54) is 19.2 Å². The molecule has 0 atom stereocenters. The summed E-state index contributed by atoms with van der Waals surface area (Å²) in [6.45, 7) is 0.390.